The summed E-state index contributed by atoms with van der Waals surface area (Å²) in [7, 11) is 1.61. The van der Waals surface area contributed by atoms with Crippen LogP contribution in [0.4, 0.5) is 20.4 Å². The fourth-order valence-corrected chi connectivity index (χ4v) is 3.33. The van der Waals surface area contributed by atoms with Gasteiger partial charge < -0.3 is 15.4 Å². The Hall–Kier alpha value is -3.33. The van der Waals surface area contributed by atoms with E-state index in [9.17, 15) is 13.6 Å². The van der Waals surface area contributed by atoms with Gasteiger partial charge in [-0.05, 0) is 23.8 Å². The van der Waals surface area contributed by atoms with E-state index in [0.29, 0.717) is 25.6 Å². The number of nitrogens with two attached hydrogens (primary N) is 1. The number of benzene rings is 1. The van der Waals surface area contributed by atoms with Crippen molar-refractivity contribution in [2.75, 3.05) is 30.3 Å². The van der Waals surface area contributed by atoms with Crippen LogP contribution in [0.3, 0.4) is 0 Å². The minimum atomic E-state index is -0.555. The quantitative estimate of drug-likeness (QED) is 0.680. The Balaban J connectivity index is 1.69. The zero-order valence-electron chi connectivity index (χ0n) is 15.7. The summed E-state index contributed by atoms with van der Waals surface area (Å²) in [4.78, 5) is 22.6. The van der Waals surface area contributed by atoms with Gasteiger partial charge in [0.15, 0.2) is 5.82 Å². The van der Waals surface area contributed by atoms with E-state index < -0.39 is 11.6 Å². The molecule has 7 nitrogen and oxygen atoms in total. The average molecular weight is 399 g/mol. The summed E-state index contributed by atoms with van der Waals surface area (Å²) < 4.78 is 34.9. The highest BCUT2D eigenvalue weighted by molar-refractivity contribution is 5.60. The van der Waals surface area contributed by atoms with Crippen molar-refractivity contribution >= 4 is 11.6 Å². The predicted molar refractivity (Wildman–Crippen MR) is 104 cm³/mol. The third-order valence-corrected chi connectivity index (χ3v) is 4.90. The first kappa shape index (κ1) is 19.0. The summed E-state index contributed by atoms with van der Waals surface area (Å²) in [6.07, 6.45) is 2.16. The van der Waals surface area contributed by atoms with Crippen molar-refractivity contribution in [2.45, 2.75) is 6.10 Å². The maximum Gasteiger partial charge on any atom is 0.255 e. The number of pyridine rings is 1. The summed E-state index contributed by atoms with van der Waals surface area (Å²) in [5.74, 6) is -0.648. The van der Waals surface area contributed by atoms with Crippen LogP contribution in [0, 0.1) is 11.6 Å². The molecule has 0 aliphatic carbocycles. The van der Waals surface area contributed by atoms with Gasteiger partial charge in [0.05, 0.1) is 30.7 Å². The molecule has 0 bridgehead atoms. The molecular formula is C20H19F2N5O2. The summed E-state index contributed by atoms with van der Waals surface area (Å²) in [6, 6.07) is 7.23. The van der Waals surface area contributed by atoms with Crippen LogP contribution in [-0.4, -0.2) is 34.2 Å². The number of nitrogens with zero attached hydrogens (tertiary/aromatic N) is 4. The standard InChI is InChI=1S/C20H19F2N5O2/c1-26-19(28)9-17(13-4-5-24-10-15(13)22)25-20(26)27-6-7-29-18(11-27)12-2-3-14(21)16(23)8-12/h2-5,8-10,18H,6-7,11,23H2,1H3/t18-/m1/s1. The van der Waals surface area contributed by atoms with Crippen molar-refractivity contribution in [3.8, 4) is 11.3 Å². The van der Waals surface area contributed by atoms with Crippen LogP contribution in [0.2, 0.25) is 0 Å². The van der Waals surface area contributed by atoms with Crippen molar-refractivity contribution in [1.29, 1.82) is 0 Å². The molecule has 0 spiro atoms. The third-order valence-electron chi connectivity index (χ3n) is 4.90. The molecule has 1 aliphatic heterocycles. The molecule has 1 aromatic carbocycles. The Bertz CT molecular complexity index is 1120. The minimum Gasteiger partial charge on any atom is -0.396 e. The summed E-state index contributed by atoms with van der Waals surface area (Å²) in [5.41, 5.74) is 6.58. The van der Waals surface area contributed by atoms with E-state index in [4.69, 9.17) is 10.5 Å². The topological polar surface area (TPSA) is 86.3 Å². The minimum absolute atomic E-state index is 0.0453. The molecule has 29 heavy (non-hydrogen) atoms. The Labute approximate surface area is 165 Å². The summed E-state index contributed by atoms with van der Waals surface area (Å²) in [5, 5.41) is 0. The maximum absolute atomic E-state index is 14.1. The molecular weight excluding hydrogens is 380 g/mol. The highest BCUT2D eigenvalue weighted by atomic mass is 19.1. The first-order chi connectivity index (χ1) is 13.9. The van der Waals surface area contributed by atoms with Crippen molar-refractivity contribution < 1.29 is 13.5 Å². The Kier molecular flexibility index (Phi) is 4.98. The van der Waals surface area contributed by atoms with Crippen LogP contribution in [0.1, 0.15) is 11.7 Å². The molecule has 2 aromatic heterocycles. The lowest BCUT2D eigenvalue weighted by Crippen LogP contribution is -2.41. The SMILES string of the molecule is Cn1c(N2CCO[C@@H](c3ccc(F)c(N)c3)C2)nc(-c2ccncc2F)cc1=O. The van der Waals surface area contributed by atoms with Gasteiger partial charge in [0.25, 0.3) is 5.56 Å². The van der Waals surface area contributed by atoms with Gasteiger partial charge in [-0.15, -0.1) is 0 Å². The van der Waals surface area contributed by atoms with Gasteiger partial charge in [0.1, 0.15) is 11.9 Å². The molecule has 0 saturated carbocycles. The highest BCUT2D eigenvalue weighted by Crippen LogP contribution is 2.28. The van der Waals surface area contributed by atoms with Crippen molar-refractivity contribution in [1.82, 2.24) is 14.5 Å². The number of rotatable bonds is 3. The Morgan fingerprint density at radius 3 is 2.79 bits per heavy atom. The predicted octanol–water partition coefficient (Wildman–Crippen LogP) is 2.28. The normalized spacial score (nSPS) is 16.8. The van der Waals surface area contributed by atoms with Crippen LogP contribution >= 0.6 is 0 Å². The number of aromatic nitrogens is 3. The van der Waals surface area contributed by atoms with Crippen LogP contribution in [0.25, 0.3) is 11.3 Å². The molecule has 1 fully saturated rings. The van der Waals surface area contributed by atoms with Gasteiger partial charge in [-0.2, -0.15) is 0 Å². The molecule has 3 aromatic rings. The van der Waals surface area contributed by atoms with Crippen LogP contribution < -0.4 is 16.2 Å². The van der Waals surface area contributed by atoms with E-state index in [2.05, 4.69) is 9.97 Å². The van der Waals surface area contributed by atoms with Gasteiger partial charge in [-0.1, -0.05) is 6.07 Å². The van der Waals surface area contributed by atoms with Crippen molar-refractivity contribution in [2.24, 2.45) is 7.05 Å². The Morgan fingerprint density at radius 1 is 1.21 bits per heavy atom. The number of ether oxygens (including phenoxy) is 1. The zero-order valence-corrected chi connectivity index (χ0v) is 15.7. The largest absolute Gasteiger partial charge is 0.396 e. The third kappa shape index (κ3) is 3.68. The molecule has 2 N–H and O–H groups in total. The van der Waals surface area contributed by atoms with Gasteiger partial charge >= 0.3 is 0 Å². The number of nitrogen functional groups attached to an aromatic ring is 1. The molecule has 9 heteroatoms. The van der Waals surface area contributed by atoms with Crippen LogP contribution in [-0.2, 0) is 11.8 Å². The fraction of sp³-hybridized carbons (Fsp3) is 0.250. The van der Waals surface area contributed by atoms with E-state index in [1.54, 1.807) is 19.2 Å². The molecule has 0 radical (unpaired) electrons. The fourth-order valence-electron chi connectivity index (χ4n) is 3.33. The number of morpholine rings is 1. The Morgan fingerprint density at radius 2 is 2.03 bits per heavy atom. The lowest BCUT2D eigenvalue weighted by molar-refractivity contribution is 0.0390. The van der Waals surface area contributed by atoms with E-state index in [1.807, 2.05) is 4.90 Å². The summed E-state index contributed by atoms with van der Waals surface area (Å²) >= 11 is 0. The van der Waals surface area contributed by atoms with E-state index in [0.717, 1.165) is 11.8 Å². The van der Waals surface area contributed by atoms with Crippen LogP contribution in [0.5, 0.6) is 0 Å². The second-order valence-corrected chi connectivity index (χ2v) is 6.78. The number of hydrogen-bond donors (Lipinski definition) is 1. The number of hydrogen-bond acceptors (Lipinski definition) is 6. The zero-order chi connectivity index (χ0) is 20.5. The summed E-state index contributed by atoms with van der Waals surface area (Å²) in [6.45, 7) is 1.26. The molecule has 3 heterocycles. The van der Waals surface area contributed by atoms with Crippen LogP contribution in [0.15, 0.2) is 47.5 Å². The number of halogens is 2. The molecule has 1 saturated heterocycles. The molecule has 4 rings (SSSR count). The molecule has 1 atom stereocenters. The average Bonchev–Trinajstić information content (AvgIpc) is 2.72. The first-order valence-electron chi connectivity index (χ1n) is 9.03. The van der Waals surface area contributed by atoms with Gasteiger partial charge in [0.2, 0.25) is 5.95 Å². The monoisotopic (exact) mass is 399 g/mol. The second kappa shape index (κ2) is 7.59. The lowest BCUT2D eigenvalue weighted by Gasteiger charge is -2.34. The number of anilines is 2. The van der Waals surface area contributed by atoms with Gasteiger partial charge in [-0.3, -0.25) is 14.3 Å². The molecule has 150 valence electrons. The smallest absolute Gasteiger partial charge is 0.255 e. The first-order valence-corrected chi connectivity index (χ1v) is 9.03. The van der Waals surface area contributed by atoms with E-state index in [1.165, 1.54) is 29.0 Å². The molecule has 1 aliphatic rings. The van der Waals surface area contributed by atoms with Gasteiger partial charge in [0, 0.05) is 31.4 Å². The van der Waals surface area contributed by atoms with Crippen molar-refractivity contribution in [3.05, 3.63) is 70.3 Å². The second-order valence-electron chi connectivity index (χ2n) is 6.78. The lowest BCUT2D eigenvalue weighted by atomic mass is 10.1. The van der Waals surface area contributed by atoms with Gasteiger partial charge in [-0.25, -0.2) is 13.8 Å². The molecule has 0 unspecified atom stereocenters. The highest BCUT2D eigenvalue weighted by Gasteiger charge is 2.26. The van der Waals surface area contributed by atoms with E-state index in [-0.39, 0.29) is 28.6 Å². The molecule has 0 amide bonds. The maximum atomic E-state index is 14.1. The van der Waals surface area contributed by atoms with E-state index >= 15 is 0 Å². The van der Waals surface area contributed by atoms with Crippen molar-refractivity contribution in [3.63, 3.8) is 0 Å².